The molecule has 1 fully saturated rings. The molecule has 0 bridgehead atoms. The van der Waals surface area contributed by atoms with E-state index in [1.807, 2.05) is 11.8 Å². The van der Waals surface area contributed by atoms with Crippen LogP contribution in [-0.4, -0.2) is 40.3 Å². The summed E-state index contributed by atoms with van der Waals surface area (Å²) in [5.41, 5.74) is 1.41. The van der Waals surface area contributed by atoms with Crippen LogP contribution < -0.4 is 0 Å². The Labute approximate surface area is 158 Å². The van der Waals surface area contributed by atoms with Crippen LogP contribution >= 0.6 is 11.8 Å². The number of nitrogens with zero attached hydrogens (tertiary/aromatic N) is 1. The summed E-state index contributed by atoms with van der Waals surface area (Å²) < 4.78 is 0. The summed E-state index contributed by atoms with van der Waals surface area (Å²) in [6.07, 6.45) is 6.05. The van der Waals surface area contributed by atoms with Gasteiger partial charge in [-0.15, -0.1) is 24.7 Å². The fourth-order valence-electron chi connectivity index (χ4n) is 2.85. The third-order valence-electron chi connectivity index (χ3n) is 3.86. The number of benzene rings is 1. The Kier molecular flexibility index (Phi) is 9.83. The summed E-state index contributed by atoms with van der Waals surface area (Å²) >= 11 is 1.99. The summed E-state index contributed by atoms with van der Waals surface area (Å²) in [5, 5.41) is 22.5. The maximum absolute atomic E-state index is 8.56. The van der Waals surface area contributed by atoms with Crippen molar-refractivity contribution in [1.82, 2.24) is 0 Å². The Balaban J connectivity index is 0.000000287. The number of fused-ring (bicyclic) bond motifs is 1. The Morgan fingerprint density at radius 2 is 1.91 bits per heavy atom. The molecule has 1 aromatic rings. The van der Waals surface area contributed by atoms with Crippen molar-refractivity contribution in [2.24, 2.45) is 0 Å². The SMILES string of the molecule is CC(O)CC(C)O.[Ir].c1ccc2c(c1)[CH-]C(C1CCCC[N-]1)S2. The maximum atomic E-state index is 8.56. The monoisotopic (exact) mass is 514 g/mol. The zero-order chi connectivity index (χ0) is 15.9. The van der Waals surface area contributed by atoms with Gasteiger partial charge in [0.15, 0.2) is 0 Å². The quantitative estimate of drug-likeness (QED) is 0.605. The first-order valence-corrected chi connectivity index (χ1v) is 9.07. The minimum Gasteiger partial charge on any atom is -0.659 e. The number of piperidine rings is 1. The van der Waals surface area contributed by atoms with E-state index < -0.39 is 0 Å². The van der Waals surface area contributed by atoms with Crippen LogP contribution in [-0.2, 0) is 20.1 Å². The van der Waals surface area contributed by atoms with E-state index in [9.17, 15) is 0 Å². The van der Waals surface area contributed by atoms with Crippen molar-refractivity contribution in [1.29, 1.82) is 0 Å². The average Bonchev–Trinajstić information content (AvgIpc) is 2.91. The van der Waals surface area contributed by atoms with Gasteiger partial charge in [-0.1, -0.05) is 30.2 Å². The van der Waals surface area contributed by atoms with Gasteiger partial charge in [-0.3, -0.25) is 0 Å². The predicted molar refractivity (Wildman–Crippen MR) is 93.3 cm³/mol. The fourth-order valence-corrected chi connectivity index (χ4v) is 4.16. The van der Waals surface area contributed by atoms with Gasteiger partial charge in [-0.05, 0) is 25.5 Å². The zero-order valence-corrected chi connectivity index (χ0v) is 17.0. The van der Waals surface area contributed by atoms with Crippen LogP contribution in [0.4, 0.5) is 0 Å². The number of aliphatic hydroxyl groups excluding tert-OH is 2. The van der Waals surface area contributed by atoms with Crippen molar-refractivity contribution >= 4 is 11.8 Å². The first kappa shape index (κ1) is 21.0. The van der Waals surface area contributed by atoms with E-state index in [-0.39, 0.29) is 32.3 Å². The van der Waals surface area contributed by atoms with E-state index in [0.29, 0.717) is 17.7 Å². The molecule has 0 saturated carbocycles. The number of rotatable bonds is 3. The second-order valence-electron chi connectivity index (χ2n) is 6.19. The predicted octanol–water partition coefficient (Wildman–Crippen LogP) is 3.78. The first-order chi connectivity index (χ1) is 10.6. The Morgan fingerprint density at radius 3 is 2.43 bits per heavy atom. The molecule has 1 radical (unpaired) electrons. The molecule has 2 heterocycles. The molecule has 3 rings (SSSR count). The van der Waals surface area contributed by atoms with Gasteiger partial charge in [0.1, 0.15) is 0 Å². The standard InChI is InChI=1S/C13H15NS.C5H12O2.Ir/c1-2-7-12-10(5-1)9-13(15-12)11-6-3-4-8-14-11;1-4(6)3-5(2)7;/h1-2,5,7,9,11,13H,3-4,6,8H2;4-7H,3H2,1-2H3;/q-2;;. The summed E-state index contributed by atoms with van der Waals surface area (Å²) in [4.78, 5) is 1.43. The van der Waals surface area contributed by atoms with E-state index in [2.05, 4.69) is 30.7 Å². The van der Waals surface area contributed by atoms with Gasteiger partial charge < -0.3 is 15.5 Å². The Bertz CT molecular complexity index is 419. The normalized spacial score (nSPS) is 25.0. The molecular weight excluding hydrogens is 486 g/mol. The largest absolute Gasteiger partial charge is 0.659 e. The second kappa shape index (κ2) is 10.8. The third-order valence-corrected chi connectivity index (χ3v) is 5.21. The van der Waals surface area contributed by atoms with E-state index in [1.54, 1.807) is 13.8 Å². The number of thioether (sulfide) groups is 1. The molecule has 5 heteroatoms. The van der Waals surface area contributed by atoms with E-state index in [1.165, 1.54) is 29.7 Å². The first-order valence-electron chi connectivity index (χ1n) is 8.19. The van der Waals surface area contributed by atoms with Gasteiger partial charge in [-0.25, -0.2) is 11.8 Å². The van der Waals surface area contributed by atoms with Gasteiger partial charge in [0.05, 0.1) is 12.2 Å². The summed E-state index contributed by atoms with van der Waals surface area (Å²) in [6, 6.07) is 9.25. The molecule has 1 aromatic carbocycles. The summed E-state index contributed by atoms with van der Waals surface area (Å²) in [6.45, 7) is 4.39. The summed E-state index contributed by atoms with van der Waals surface area (Å²) in [7, 11) is 0. The van der Waals surface area contributed by atoms with Crippen molar-refractivity contribution in [2.75, 3.05) is 6.54 Å². The Hall–Kier alpha value is -0.0306. The van der Waals surface area contributed by atoms with Gasteiger partial charge >= 0.3 is 0 Å². The van der Waals surface area contributed by atoms with Crippen LogP contribution in [0.25, 0.3) is 5.32 Å². The van der Waals surface area contributed by atoms with Gasteiger partial charge in [-0.2, -0.15) is 18.1 Å². The molecule has 2 aliphatic rings. The van der Waals surface area contributed by atoms with Crippen LogP contribution in [0.5, 0.6) is 0 Å². The van der Waals surface area contributed by atoms with Crippen molar-refractivity contribution in [3.05, 3.63) is 41.6 Å². The molecular formula is C18H27IrNO2S-2. The van der Waals surface area contributed by atoms with Gasteiger partial charge in [0, 0.05) is 20.1 Å². The molecule has 0 spiro atoms. The molecule has 0 aliphatic carbocycles. The number of hydrogen-bond acceptors (Lipinski definition) is 3. The molecule has 1 saturated heterocycles. The molecule has 2 N–H and O–H groups in total. The summed E-state index contributed by atoms with van der Waals surface area (Å²) in [5.74, 6) is 0. The molecule has 0 aromatic heterocycles. The second-order valence-corrected chi connectivity index (χ2v) is 7.41. The van der Waals surface area contributed by atoms with Crippen LogP contribution in [0.3, 0.4) is 0 Å². The van der Waals surface area contributed by atoms with Crippen LogP contribution in [0.1, 0.15) is 45.1 Å². The molecule has 4 atom stereocenters. The van der Waals surface area contributed by atoms with Crippen LogP contribution in [0.15, 0.2) is 29.2 Å². The van der Waals surface area contributed by atoms with E-state index >= 15 is 0 Å². The van der Waals surface area contributed by atoms with Crippen LogP contribution in [0.2, 0.25) is 0 Å². The molecule has 23 heavy (non-hydrogen) atoms. The number of aliphatic hydroxyl groups is 2. The molecule has 133 valence electrons. The minimum atomic E-state index is -0.375. The molecule has 3 nitrogen and oxygen atoms in total. The van der Waals surface area contributed by atoms with Crippen molar-refractivity contribution in [2.45, 2.75) is 67.9 Å². The van der Waals surface area contributed by atoms with E-state index in [4.69, 9.17) is 15.5 Å². The fraction of sp³-hybridized carbons (Fsp3) is 0.611. The topological polar surface area (TPSA) is 54.6 Å². The zero-order valence-electron chi connectivity index (χ0n) is 13.8. The van der Waals surface area contributed by atoms with Crippen molar-refractivity contribution in [3.8, 4) is 0 Å². The average molecular weight is 514 g/mol. The van der Waals surface area contributed by atoms with Crippen LogP contribution in [0, 0.1) is 6.42 Å². The van der Waals surface area contributed by atoms with Crippen molar-refractivity contribution in [3.63, 3.8) is 0 Å². The van der Waals surface area contributed by atoms with Gasteiger partial charge in [0.25, 0.3) is 0 Å². The number of hydrogen-bond donors (Lipinski definition) is 2. The third kappa shape index (κ3) is 7.16. The smallest absolute Gasteiger partial charge is 0.0536 e. The molecule has 4 unspecified atom stereocenters. The van der Waals surface area contributed by atoms with Gasteiger partial charge in [0.2, 0.25) is 0 Å². The minimum absolute atomic E-state index is 0. The van der Waals surface area contributed by atoms with E-state index in [0.717, 1.165) is 6.54 Å². The Morgan fingerprint density at radius 1 is 1.22 bits per heavy atom. The molecule has 0 amide bonds. The maximum Gasteiger partial charge on any atom is 0.0536 e. The molecule has 2 aliphatic heterocycles. The van der Waals surface area contributed by atoms with Crippen molar-refractivity contribution < 1.29 is 30.3 Å².